The summed E-state index contributed by atoms with van der Waals surface area (Å²) in [5.74, 6) is 1.33. The first-order valence-corrected chi connectivity index (χ1v) is 8.39. The van der Waals surface area contributed by atoms with Gasteiger partial charge in [0.1, 0.15) is 11.5 Å². The standard InChI is InChI=1S/C20H25NO3/c1-3-4-5-13-23-18-11-9-17(10-12-18)21-20(22)15-24-19-8-6-7-16(2)14-19/h6-12,14H,3-5,13,15H2,1-2H3,(H,21,22). The molecule has 0 heterocycles. The second-order valence-electron chi connectivity index (χ2n) is 5.73. The highest BCUT2D eigenvalue weighted by Gasteiger charge is 2.04. The zero-order chi connectivity index (χ0) is 17.2. The molecule has 128 valence electrons. The molecule has 0 saturated carbocycles. The highest BCUT2D eigenvalue weighted by Crippen LogP contribution is 2.16. The van der Waals surface area contributed by atoms with E-state index >= 15 is 0 Å². The fourth-order valence-corrected chi connectivity index (χ4v) is 2.23. The van der Waals surface area contributed by atoms with Gasteiger partial charge in [-0.05, 0) is 55.3 Å². The van der Waals surface area contributed by atoms with E-state index in [0.29, 0.717) is 5.75 Å². The first-order valence-electron chi connectivity index (χ1n) is 8.39. The average Bonchev–Trinajstić information content (AvgIpc) is 2.58. The van der Waals surface area contributed by atoms with Crippen molar-refractivity contribution < 1.29 is 14.3 Å². The topological polar surface area (TPSA) is 47.6 Å². The Hall–Kier alpha value is -2.49. The third-order valence-electron chi connectivity index (χ3n) is 3.51. The molecule has 1 amide bonds. The number of carbonyl (C=O) groups excluding carboxylic acids is 1. The summed E-state index contributed by atoms with van der Waals surface area (Å²) < 4.78 is 11.1. The van der Waals surface area contributed by atoms with E-state index in [9.17, 15) is 4.79 Å². The van der Waals surface area contributed by atoms with Crippen LogP contribution in [-0.4, -0.2) is 19.1 Å². The lowest BCUT2D eigenvalue weighted by Gasteiger charge is -2.09. The van der Waals surface area contributed by atoms with Crippen LogP contribution in [-0.2, 0) is 4.79 Å². The van der Waals surface area contributed by atoms with E-state index in [1.165, 1.54) is 12.8 Å². The Balaban J connectivity index is 1.75. The normalized spacial score (nSPS) is 10.2. The van der Waals surface area contributed by atoms with E-state index in [-0.39, 0.29) is 12.5 Å². The SMILES string of the molecule is CCCCCOc1ccc(NC(=O)COc2cccc(C)c2)cc1. The van der Waals surface area contributed by atoms with Gasteiger partial charge in [0, 0.05) is 5.69 Å². The predicted molar refractivity (Wildman–Crippen MR) is 96.8 cm³/mol. The van der Waals surface area contributed by atoms with Crippen molar-refractivity contribution in [1.29, 1.82) is 0 Å². The van der Waals surface area contributed by atoms with Crippen LogP contribution in [0.15, 0.2) is 48.5 Å². The molecular formula is C20H25NO3. The van der Waals surface area contributed by atoms with Crippen LogP contribution < -0.4 is 14.8 Å². The summed E-state index contributed by atoms with van der Waals surface area (Å²) in [5, 5.41) is 2.81. The molecule has 4 nitrogen and oxygen atoms in total. The number of hydrogen-bond acceptors (Lipinski definition) is 3. The smallest absolute Gasteiger partial charge is 0.262 e. The summed E-state index contributed by atoms with van der Waals surface area (Å²) in [7, 11) is 0. The quantitative estimate of drug-likeness (QED) is 0.686. The minimum Gasteiger partial charge on any atom is -0.494 e. The Kier molecular flexibility index (Phi) is 7.15. The zero-order valence-electron chi connectivity index (χ0n) is 14.4. The fraction of sp³-hybridized carbons (Fsp3) is 0.350. The number of ether oxygens (including phenoxy) is 2. The summed E-state index contributed by atoms with van der Waals surface area (Å²) in [5.41, 5.74) is 1.83. The van der Waals surface area contributed by atoms with Crippen LogP contribution in [0.1, 0.15) is 31.7 Å². The first kappa shape index (κ1) is 17.9. The van der Waals surface area contributed by atoms with E-state index in [0.717, 1.165) is 30.0 Å². The first-order chi connectivity index (χ1) is 11.7. The van der Waals surface area contributed by atoms with E-state index in [4.69, 9.17) is 9.47 Å². The van der Waals surface area contributed by atoms with E-state index in [1.807, 2.05) is 55.5 Å². The third-order valence-corrected chi connectivity index (χ3v) is 3.51. The highest BCUT2D eigenvalue weighted by molar-refractivity contribution is 5.91. The second kappa shape index (κ2) is 9.60. The lowest BCUT2D eigenvalue weighted by molar-refractivity contribution is -0.118. The van der Waals surface area contributed by atoms with Crippen molar-refractivity contribution in [2.45, 2.75) is 33.1 Å². The maximum Gasteiger partial charge on any atom is 0.262 e. The monoisotopic (exact) mass is 327 g/mol. The number of unbranched alkanes of at least 4 members (excludes halogenated alkanes) is 2. The van der Waals surface area contributed by atoms with Crippen molar-refractivity contribution >= 4 is 11.6 Å². The van der Waals surface area contributed by atoms with Crippen molar-refractivity contribution in [3.8, 4) is 11.5 Å². The number of rotatable bonds is 9. The molecule has 0 atom stereocenters. The van der Waals surface area contributed by atoms with Crippen LogP contribution in [0.3, 0.4) is 0 Å². The molecule has 0 aromatic heterocycles. The Morgan fingerprint density at radius 2 is 1.79 bits per heavy atom. The van der Waals surface area contributed by atoms with Crippen molar-refractivity contribution in [3.05, 3.63) is 54.1 Å². The number of hydrogen-bond donors (Lipinski definition) is 1. The molecular weight excluding hydrogens is 302 g/mol. The van der Waals surface area contributed by atoms with Crippen LogP contribution >= 0.6 is 0 Å². The van der Waals surface area contributed by atoms with Gasteiger partial charge in [-0.15, -0.1) is 0 Å². The molecule has 0 aliphatic carbocycles. The summed E-state index contributed by atoms with van der Waals surface area (Å²) in [6, 6.07) is 15.0. The van der Waals surface area contributed by atoms with Crippen LogP contribution in [0.2, 0.25) is 0 Å². The molecule has 0 aliphatic rings. The molecule has 2 aromatic carbocycles. The predicted octanol–water partition coefficient (Wildman–Crippen LogP) is 4.58. The number of carbonyl (C=O) groups is 1. The van der Waals surface area contributed by atoms with Gasteiger partial charge in [0.25, 0.3) is 5.91 Å². The Labute approximate surface area is 143 Å². The highest BCUT2D eigenvalue weighted by atomic mass is 16.5. The molecule has 0 saturated heterocycles. The van der Waals surface area contributed by atoms with Gasteiger partial charge in [-0.3, -0.25) is 4.79 Å². The van der Waals surface area contributed by atoms with Gasteiger partial charge >= 0.3 is 0 Å². The van der Waals surface area contributed by atoms with Gasteiger partial charge in [0.05, 0.1) is 6.61 Å². The van der Waals surface area contributed by atoms with E-state index < -0.39 is 0 Å². The summed E-state index contributed by atoms with van der Waals surface area (Å²) in [4.78, 5) is 11.9. The van der Waals surface area contributed by atoms with Gasteiger partial charge in [0.2, 0.25) is 0 Å². The molecule has 0 spiro atoms. The summed E-state index contributed by atoms with van der Waals surface area (Å²) in [6.45, 7) is 4.86. The molecule has 0 aliphatic heterocycles. The number of benzene rings is 2. The number of nitrogens with one attached hydrogen (secondary N) is 1. The molecule has 2 rings (SSSR count). The molecule has 0 bridgehead atoms. The van der Waals surface area contributed by atoms with Crippen molar-refractivity contribution in [2.75, 3.05) is 18.5 Å². The van der Waals surface area contributed by atoms with Gasteiger partial charge in [-0.25, -0.2) is 0 Å². The van der Waals surface area contributed by atoms with Crippen molar-refractivity contribution in [1.82, 2.24) is 0 Å². The molecule has 0 fully saturated rings. The van der Waals surface area contributed by atoms with E-state index in [1.54, 1.807) is 0 Å². The fourth-order valence-electron chi connectivity index (χ4n) is 2.23. The average molecular weight is 327 g/mol. The van der Waals surface area contributed by atoms with E-state index in [2.05, 4.69) is 12.2 Å². The molecule has 1 N–H and O–H groups in total. The summed E-state index contributed by atoms with van der Waals surface area (Å²) >= 11 is 0. The third kappa shape index (κ3) is 6.32. The second-order valence-corrected chi connectivity index (χ2v) is 5.73. The van der Waals surface area contributed by atoms with Crippen LogP contribution in [0.25, 0.3) is 0 Å². The molecule has 24 heavy (non-hydrogen) atoms. The van der Waals surface area contributed by atoms with Crippen LogP contribution in [0.5, 0.6) is 11.5 Å². The maximum atomic E-state index is 11.9. The lowest BCUT2D eigenvalue weighted by Crippen LogP contribution is -2.20. The minimum absolute atomic E-state index is 0.0152. The largest absolute Gasteiger partial charge is 0.494 e. The number of anilines is 1. The lowest BCUT2D eigenvalue weighted by atomic mass is 10.2. The van der Waals surface area contributed by atoms with Crippen LogP contribution in [0.4, 0.5) is 5.69 Å². The van der Waals surface area contributed by atoms with Gasteiger partial charge in [-0.2, -0.15) is 0 Å². The van der Waals surface area contributed by atoms with Gasteiger partial charge in [0.15, 0.2) is 6.61 Å². The number of aryl methyl sites for hydroxylation is 1. The zero-order valence-corrected chi connectivity index (χ0v) is 14.4. The Morgan fingerprint density at radius 1 is 1.00 bits per heavy atom. The Bertz CT molecular complexity index is 638. The molecule has 4 heteroatoms. The maximum absolute atomic E-state index is 11.9. The van der Waals surface area contributed by atoms with Crippen molar-refractivity contribution in [3.63, 3.8) is 0 Å². The molecule has 0 unspecified atom stereocenters. The molecule has 0 radical (unpaired) electrons. The number of amides is 1. The minimum atomic E-state index is -0.187. The molecule has 2 aromatic rings. The summed E-state index contributed by atoms with van der Waals surface area (Å²) in [6.07, 6.45) is 3.42. The van der Waals surface area contributed by atoms with Crippen molar-refractivity contribution in [2.24, 2.45) is 0 Å². The van der Waals surface area contributed by atoms with Gasteiger partial charge in [-0.1, -0.05) is 31.9 Å². The van der Waals surface area contributed by atoms with Crippen LogP contribution in [0, 0.1) is 6.92 Å². The van der Waals surface area contributed by atoms with Gasteiger partial charge < -0.3 is 14.8 Å². The Morgan fingerprint density at radius 3 is 2.50 bits per heavy atom.